The number of carbonyl (C=O) groups is 2. The normalized spacial score (nSPS) is 19.3. The van der Waals surface area contributed by atoms with Crippen molar-refractivity contribution in [1.82, 2.24) is 10.2 Å². The molecular formula is C24H21N3O3S2. The summed E-state index contributed by atoms with van der Waals surface area (Å²) >= 11 is 6.80. The lowest BCUT2D eigenvalue weighted by molar-refractivity contribution is -0.153. The molecule has 0 aliphatic carbocycles. The van der Waals surface area contributed by atoms with Gasteiger partial charge in [0.1, 0.15) is 17.1 Å². The number of benzene rings is 2. The second-order valence-electron chi connectivity index (χ2n) is 7.33. The van der Waals surface area contributed by atoms with Crippen molar-refractivity contribution in [1.29, 1.82) is 5.26 Å². The number of rotatable bonds is 7. The van der Waals surface area contributed by atoms with E-state index in [4.69, 9.17) is 22.2 Å². The van der Waals surface area contributed by atoms with Gasteiger partial charge in [-0.1, -0.05) is 72.9 Å². The smallest absolute Gasteiger partial charge is 0.355 e. The van der Waals surface area contributed by atoms with Gasteiger partial charge in [0, 0.05) is 18.6 Å². The molecule has 2 atom stereocenters. The van der Waals surface area contributed by atoms with Crippen LogP contribution >= 0.6 is 24.0 Å². The largest absolute Gasteiger partial charge is 0.448 e. The summed E-state index contributed by atoms with van der Waals surface area (Å²) in [4.78, 5) is 28.0. The molecule has 0 bridgehead atoms. The molecular weight excluding hydrogens is 442 g/mol. The highest BCUT2D eigenvalue weighted by Gasteiger charge is 2.52. The van der Waals surface area contributed by atoms with Gasteiger partial charge in [-0.15, -0.1) is 11.8 Å². The van der Waals surface area contributed by atoms with Gasteiger partial charge in [0.05, 0.1) is 11.1 Å². The van der Waals surface area contributed by atoms with Crippen molar-refractivity contribution >= 4 is 40.8 Å². The van der Waals surface area contributed by atoms with Crippen LogP contribution in [0, 0.1) is 11.3 Å². The van der Waals surface area contributed by atoms with Crippen LogP contribution in [0.25, 0.3) is 0 Å². The van der Waals surface area contributed by atoms with E-state index in [2.05, 4.69) is 5.32 Å². The molecule has 0 aromatic heterocycles. The summed E-state index contributed by atoms with van der Waals surface area (Å²) in [6.45, 7) is 0. The number of thioether (sulfide) groups is 1. The van der Waals surface area contributed by atoms with Gasteiger partial charge < -0.3 is 10.1 Å². The molecule has 1 fully saturated rings. The third kappa shape index (κ3) is 4.54. The molecule has 2 aliphatic rings. The monoisotopic (exact) mass is 463 g/mol. The van der Waals surface area contributed by atoms with Crippen LogP contribution in [-0.4, -0.2) is 38.9 Å². The number of nitrogens with one attached hydrogen (secondary N) is 1. The molecule has 32 heavy (non-hydrogen) atoms. The van der Waals surface area contributed by atoms with Crippen molar-refractivity contribution in [3.63, 3.8) is 0 Å². The Labute approximate surface area is 196 Å². The van der Waals surface area contributed by atoms with Gasteiger partial charge in [-0.25, -0.2) is 4.79 Å². The Morgan fingerprint density at radius 1 is 1.19 bits per heavy atom. The minimum absolute atomic E-state index is 0.222. The van der Waals surface area contributed by atoms with Gasteiger partial charge in [-0.05, 0) is 17.2 Å². The SMILES string of the molecule is N#CCCC(=S)NC1C(=O)N2C(C(=O)OC(c3ccccc3)c3ccccc3)=CCS[C@H]12. The fraction of sp³-hybridized carbons (Fsp3) is 0.250. The number of ether oxygens (including phenoxy) is 1. The first-order chi connectivity index (χ1) is 15.6. The van der Waals surface area contributed by atoms with Crippen LogP contribution in [0.2, 0.25) is 0 Å². The van der Waals surface area contributed by atoms with Gasteiger partial charge in [0.2, 0.25) is 0 Å². The Morgan fingerprint density at radius 3 is 2.41 bits per heavy atom. The highest BCUT2D eigenvalue weighted by atomic mass is 32.2. The van der Waals surface area contributed by atoms with Crippen molar-refractivity contribution in [3.05, 3.63) is 83.6 Å². The van der Waals surface area contributed by atoms with E-state index in [1.165, 1.54) is 4.90 Å². The molecule has 4 rings (SSSR count). The van der Waals surface area contributed by atoms with E-state index >= 15 is 0 Å². The minimum Gasteiger partial charge on any atom is -0.448 e. The molecule has 1 saturated heterocycles. The fourth-order valence-electron chi connectivity index (χ4n) is 3.70. The summed E-state index contributed by atoms with van der Waals surface area (Å²) in [7, 11) is 0. The molecule has 1 amide bonds. The van der Waals surface area contributed by atoms with E-state index in [-0.39, 0.29) is 17.0 Å². The zero-order chi connectivity index (χ0) is 22.5. The number of hydrogen-bond acceptors (Lipinski definition) is 6. The van der Waals surface area contributed by atoms with Crippen LogP contribution in [0.1, 0.15) is 30.1 Å². The Morgan fingerprint density at radius 2 is 1.81 bits per heavy atom. The van der Waals surface area contributed by atoms with E-state index in [1.807, 2.05) is 66.7 Å². The zero-order valence-electron chi connectivity index (χ0n) is 17.1. The van der Waals surface area contributed by atoms with Crippen molar-refractivity contribution in [2.24, 2.45) is 0 Å². The highest BCUT2D eigenvalue weighted by Crippen LogP contribution is 2.39. The number of amides is 1. The number of nitriles is 1. The van der Waals surface area contributed by atoms with Crippen LogP contribution in [0.3, 0.4) is 0 Å². The van der Waals surface area contributed by atoms with Crippen LogP contribution in [0.5, 0.6) is 0 Å². The maximum atomic E-state index is 13.2. The summed E-state index contributed by atoms with van der Waals surface area (Å²) in [5.74, 6) is -0.170. The van der Waals surface area contributed by atoms with Crippen LogP contribution < -0.4 is 5.32 Å². The Balaban J connectivity index is 1.49. The summed E-state index contributed by atoms with van der Waals surface area (Å²) < 4.78 is 5.94. The molecule has 162 valence electrons. The number of esters is 1. The number of carbonyl (C=O) groups excluding carboxylic acids is 2. The first kappa shape index (κ1) is 22.1. The average molecular weight is 464 g/mol. The fourth-order valence-corrected chi connectivity index (χ4v) is 5.12. The van der Waals surface area contributed by atoms with Crippen LogP contribution in [0.15, 0.2) is 72.4 Å². The predicted octanol–water partition coefficient (Wildman–Crippen LogP) is 3.71. The molecule has 2 heterocycles. The molecule has 2 aromatic carbocycles. The van der Waals surface area contributed by atoms with Gasteiger partial charge in [0.15, 0.2) is 6.10 Å². The Hall–Kier alpha value is -3.15. The van der Waals surface area contributed by atoms with E-state index in [9.17, 15) is 9.59 Å². The molecule has 2 aromatic rings. The average Bonchev–Trinajstić information content (AvgIpc) is 2.84. The number of β-lactam (4-membered cyclic amide) rings is 1. The molecule has 0 spiro atoms. The highest BCUT2D eigenvalue weighted by molar-refractivity contribution is 8.00. The number of hydrogen-bond donors (Lipinski definition) is 1. The van der Waals surface area contributed by atoms with Gasteiger partial charge in [-0.2, -0.15) is 5.26 Å². The summed E-state index contributed by atoms with van der Waals surface area (Å²) in [5.41, 5.74) is 1.97. The lowest BCUT2D eigenvalue weighted by atomic mass is 10.0. The third-order valence-corrected chi connectivity index (χ3v) is 6.77. The minimum atomic E-state index is -0.581. The van der Waals surface area contributed by atoms with Crippen LogP contribution in [0.4, 0.5) is 0 Å². The number of thiocarbonyl (C=S) groups is 1. The second-order valence-corrected chi connectivity index (χ2v) is 8.97. The van der Waals surface area contributed by atoms with Gasteiger partial charge >= 0.3 is 5.97 Å². The lowest BCUT2D eigenvalue weighted by Crippen LogP contribution is -2.70. The Kier molecular flexibility index (Phi) is 6.88. The molecule has 0 saturated carbocycles. The third-order valence-electron chi connectivity index (χ3n) is 5.27. The van der Waals surface area contributed by atoms with E-state index in [0.29, 0.717) is 23.6 Å². The Bertz CT molecular complexity index is 1040. The lowest BCUT2D eigenvalue weighted by Gasteiger charge is -2.49. The van der Waals surface area contributed by atoms with Crippen molar-refractivity contribution in [2.75, 3.05) is 5.75 Å². The van der Waals surface area contributed by atoms with E-state index in [0.717, 1.165) is 11.1 Å². The summed E-state index contributed by atoms with van der Waals surface area (Å²) in [5, 5.41) is 11.5. The first-order valence-electron chi connectivity index (χ1n) is 10.2. The van der Waals surface area contributed by atoms with Crippen molar-refractivity contribution in [2.45, 2.75) is 30.4 Å². The molecule has 8 heteroatoms. The molecule has 0 radical (unpaired) electrons. The zero-order valence-corrected chi connectivity index (χ0v) is 18.8. The quantitative estimate of drug-likeness (QED) is 0.381. The molecule has 1 unspecified atom stereocenters. The van der Waals surface area contributed by atoms with Gasteiger partial charge in [-0.3, -0.25) is 9.69 Å². The summed E-state index contributed by atoms with van der Waals surface area (Å²) in [6.07, 6.45) is 1.86. The molecule has 6 nitrogen and oxygen atoms in total. The molecule has 1 N–H and O–H groups in total. The number of fused-ring (bicyclic) bond motifs is 1. The standard InChI is InChI=1S/C24H21N3O3S2/c25-14-7-12-19(31)26-20-22(28)27-18(13-15-32-23(20)27)24(29)30-21(16-8-3-1-4-9-16)17-10-5-2-6-11-17/h1-6,8-11,13,20-21,23H,7,12,15H2,(H,26,31)/t20?,23-/m1/s1. The number of nitrogens with zero attached hydrogens (tertiary/aromatic N) is 2. The maximum absolute atomic E-state index is 13.2. The van der Waals surface area contributed by atoms with E-state index < -0.39 is 18.1 Å². The topological polar surface area (TPSA) is 82.4 Å². The van der Waals surface area contributed by atoms with E-state index in [1.54, 1.807) is 17.8 Å². The summed E-state index contributed by atoms with van der Waals surface area (Å²) in [6, 6.07) is 20.6. The second kappa shape index (κ2) is 9.98. The van der Waals surface area contributed by atoms with Crippen LogP contribution in [-0.2, 0) is 14.3 Å². The van der Waals surface area contributed by atoms with Gasteiger partial charge in [0.25, 0.3) is 5.91 Å². The van der Waals surface area contributed by atoms with Crippen molar-refractivity contribution in [3.8, 4) is 6.07 Å². The van der Waals surface area contributed by atoms with Crippen molar-refractivity contribution < 1.29 is 14.3 Å². The molecule has 2 aliphatic heterocycles. The predicted molar refractivity (Wildman–Crippen MR) is 126 cm³/mol. The first-order valence-corrected chi connectivity index (χ1v) is 11.7. The maximum Gasteiger partial charge on any atom is 0.355 e.